The Labute approximate surface area is 117 Å². The third kappa shape index (κ3) is 3.08. The summed E-state index contributed by atoms with van der Waals surface area (Å²) in [6.45, 7) is 4.67. The van der Waals surface area contributed by atoms with Crippen molar-refractivity contribution in [1.29, 1.82) is 0 Å². The topological polar surface area (TPSA) is 84.7 Å². The molecule has 3 N–H and O–H groups in total. The molecule has 0 unspecified atom stereocenters. The van der Waals surface area contributed by atoms with Crippen LogP contribution in [0, 0.1) is 0 Å². The Hall–Kier alpha value is -2.08. The number of ether oxygens (including phenoxy) is 1. The van der Waals surface area contributed by atoms with E-state index in [2.05, 4.69) is 5.32 Å². The van der Waals surface area contributed by atoms with Gasteiger partial charge in [0.05, 0.1) is 12.1 Å². The summed E-state index contributed by atoms with van der Waals surface area (Å²) in [7, 11) is 0. The van der Waals surface area contributed by atoms with Crippen LogP contribution in [0.15, 0.2) is 24.3 Å². The normalized spacial score (nSPS) is 18.7. The molecule has 1 fully saturated rings. The van der Waals surface area contributed by atoms with Crippen LogP contribution in [-0.4, -0.2) is 41.9 Å². The summed E-state index contributed by atoms with van der Waals surface area (Å²) in [5, 5.41) is 2.34. The Morgan fingerprint density at radius 1 is 1.30 bits per heavy atom. The van der Waals surface area contributed by atoms with Crippen LogP contribution in [0.3, 0.4) is 0 Å². The molecule has 6 nitrogen and oxygen atoms in total. The molecule has 6 heteroatoms. The van der Waals surface area contributed by atoms with E-state index in [1.165, 1.54) is 0 Å². The highest BCUT2D eigenvalue weighted by Gasteiger charge is 2.40. The van der Waals surface area contributed by atoms with E-state index in [0.717, 1.165) is 0 Å². The fourth-order valence-electron chi connectivity index (χ4n) is 2.03. The number of amides is 2. The number of benzene rings is 1. The van der Waals surface area contributed by atoms with Crippen molar-refractivity contribution in [3.8, 4) is 5.75 Å². The van der Waals surface area contributed by atoms with Gasteiger partial charge in [0.1, 0.15) is 12.4 Å². The SMILES string of the molecule is CC1(C)C(=O)NC(=O)CN1CCOc1ccc(N)cc1. The Morgan fingerprint density at radius 2 is 1.95 bits per heavy atom. The van der Waals surface area contributed by atoms with Crippen LogP contribution >= 0.6 is 0 Å². The fourth-order valence-corrected chi connectivity index (χ4v) is 2.03. The van der Waals surface area contributed by atoms with Crippen LogP contribution in [-0.2, 0) is 9.59 Å². The van der Waals surface area contributed by atoms with Crippen molar-refractivity contribution >= 4 is 17.5 Å². The smallest absolute Gasteiger partial charge is 0.246 e. The second-order valence-electron chi connectivity index (χ2n) is 5.28. The van der Waals surface area contributed by atoms with Crippen molar-refractivity contribution in [2.45, 2.75) is 19.4 Å². The lowest BCUT2D eigenvalue weighted by atomic mass is 9.99. The van der Waals surface area contributed by atoms with Crippen LogP contribution in [0.1, 0.15) is 13.8 Å². The summed E-state index contributed by atoms with van der Waals surface area (Å²) in [6.07, 6.45) is 0. The maximum absolute atomic E-state index is 11.8. The van der Waals surface area contributed by atoms with E-state index in [1.54, 1.807) is 38.1 Å². The summed E-state index contributed by atoms with van der Waals surface area (Å²) < 4.78 is 5.59. The van der Waals surface area contributed by atoms with Gasteiger partial charge in [-0.3, -0.25) is 19.8 Å². The highest BCUT2D eigenvalue weighted by atomic mass is 16.5. The number of hydrogen-bond acceptors (Lipinski definition) is 5. The number of anilines is 1. The minimum absolute atomic E-state index is 0.198. The molecule has 1 aliphatic heterocycles. The summed E-state index contributed by atoms with van der Waals surface area (Å²) in [5.74, 6) is 0.160. The first kappa shape index (κ1) is 14.3. The van der Waals surface area contributed by atoms with E-state index in [0.29, 0.717) is 24.6 Å². The highest BCUT2D eigenvalue weighted by molar-refractivity contribution is 6.02. The molecule has 1 heterocycles. The van der Waals surface area contributed by atoms with Gasteiger partial charge in [0.25, 0.3) is 0 Å². The second kappa shape index (κ2) is 5.50. The number of nitrogens with zero attached hydrogens (tertiary/aromatic N) is 1. The third-order valence-electron chi connectivity index (χ3n) is 3.44. The molecule has 0 atom stereocenters. The number of nitrogens with one attached hydrogen (secondary N) is 1. The first-order chi connectivity index (χ1) is 9.39. The molecule has 1 aliphatic rings. The molecule has 0 aromatic heterocycles. The second-order valence-corrected chi connectivity index (χ2v) is 5.28. The van der Waals surface area contributed by atoms with Crippen molar-refractivity contribution in [3.05, 3.63) is 24.3 Å². The van der Waals surface area contributed by atoms with Gasteiger partial charge in [-0.05, 0) is 38.1 Å². The summed E-state index contributed by atoms with van der Waals surface area (Å²) in [5.41, 5.74) is 5.56. The maximum atomic E-state index is 11.8. The fraction of sp³-hybridized carbons (Fsp3) is 0.429. The van der Waals surface area contributed by atoms with E-state index in [4.69, 9.17) is 10.5 Å². The molecule has 1 aromatic rings. The molecule has 1 saturated heterocycles. The molecule has 2 rings (SSSR count). The van der Waals surface area contributed by atoms with Gasteiger partial charge in [-0.1, -0.05) is 0 Å². The van der Waals surface area contributed by atoms with Crippen LogP contribution in [0.4, 0.5) is 5.69 Å². The zero-order chi connectivity index (χ0) is 14.8. The molecule has 2 amide bonds. The zero-order valence-electron chi connectivity index (χ0n) is 11.7. The molecule has 0 radical (unpaired) electrons. The predicted octanol–water partition coefficient (Wildman–Crippen LogP) is 0.385. The number of nitrogen functional groups attached to an aromatic ring is 1. The number of imide groups is 1. The van der Waals surface area contributed by atoms with Crippen molar-refractivity contribution in [3.63, 3.8) is 0 Å². The molecule has 0 spiro atoms. The van der Waals surface area contributed by atoms with E-state index >= 15 is 0 Å². The predicted molar refractivity (Wildman–Crippen MR) is 75.2 cm³/mol. The van der Waals surface area contributed by atoms with Gasteiger partial charge in [0.15, 0.2) is 0 Å². The zero-order valence-corrected chi connectivity index (χ0v) is 11.7. The summed E-state index contributed by atoms with van der Waals surface area (Å²) in [6, 6.07) is 7.09. The molecular formula is C14H19N3O3. The van der Waals surface area contributed by atoms with Crippen molar-refractivity contribution < 1.29 is 14.3 Å². The maximum Gasteiger partial charge on any atom is 0.246 e. The van der Waals surface area contributed by atoms with Gasteiger partial charge in [-0.15, -0.1) is 0 Å². The summed E-state index contributed by atoms with van der Waals surface area (Å²) >= 11 is 0. The van der Waals surface area contributed by atoms with Gasteiger partial charge in [-0.25, -0.2) is 0 Å². The average Bonchev–Trinajstić information content (AvgIpc) is 2.38. The first-order valence-electron chi connectivity index (χ1n) is 6.47. The van der Waals surface area contributed by atoms with Crippen LogP contribution < -0.4 is 15.8 Å². The number of nitrogens with two attached hydrogens (primary N) is 1. The van der Waals surface area contributed by atoms with Crippen LogP contribution in [0.25, 0.3) is 0 Å². The molecule has 108 valence electrons. The molecule has 1 aromatic carbocycles. The number of rotatable bonds is 4. The quantitative estimate of drug-likeness (QED) is 0.614. The van der Waals surface area contributed by atoms with Crippen molar-refractivity contribution in [1.82, 2.24) is 10.2 Å². The first-order valence-corrected chi connectivity index (χ1v) is 6.47. The highest BCUT2D eigenvalue weighted by Crippen LogP contribution is 2.18. The van der Waals surface area contributed by atoms with Gasteiger partial charge in [0.2, 0.25) is 11.8 Å². The van der Waals surface area contributed by atoms with Gasteiger partial charge in [-0.2, -0.15) is 0 Å². The minimum Gasteiger partial charge on any atom is -0.492 e. The third-order valence-corrected chi connectivity index (χ3v) is 3.44. The number of carbonyl (C=O) groups excluding carboxylic acids is 2. The molecule has 0 saturated carbocycles. The Balaban J connectivity index is 1.90. The number of carbonyl (C=O) groups is 2. The largest absolute Gasteiger partial charge is 0.492 e. The number of hydrogen-bond donors (Lipinski definition) is 2. The lowest BCUT2D eigenvalue weighted by Gasteiger charge is -2.39. The van der Waals surface area contributed by atoms with Gasteiger partial charge >= 0.3 is 0 Å². The van der Waals surface area contributed by atoms with Gasteiger partial charge < -0.3 is 10.5 Å². The minimum atomic E-state index is -0.710. The monoisotopic (exact) mass is 277 g/mol. The Kier molecular flexibility index (Phi) is 3.94. The standard InChI is InChI=1S/C14H19N3O3/c1-14(2)13(19)16-12(18)9-17(14)7-8-20-11-5-3-10(15)4-6-11/h3-6H,7-9,15H2,1-2H3,(H,16,18,19). The molecule has 20 heavy (non-hydrogen) atoms. The Bertz CT molecular complexity index is 511. The van der Waals surface area contributed by atoms with Crippen molar-refractivity contribution in [2.75, 3.05) is 25.4 Å². The van der Waals surface area contributed by atoms with E-state index in [9.17, 15) is 9.59 Å². The lowest BCUT2D eigenvalue weighted by molar-refractivity contribution is -0.145. The van der Waals surface area contributed by atoms with E-state index in [1.807, 2.05) is 4.90 Å². The molecule has 0 bridgehead atoms. The molecule has 0 aliphatic carbocycles. The summed E-state index contributed by atoms with van der Waals surface area (Å²) in [4.78, 5) is 25.0. The Morgan fingerprint density at radius 3 is 2.60 bits per heavy atom. The number of piperazine rings is 1. The average molecular weight is 277 g/mol. The van der Waals surface area contributed by atoms with E-state index in [-0.39, 0.29) is 18.4 Å². The van der Waals surface area contributed by atoms with Gasteiger partial charge in [0, 0.05) is 12.2 Å². The molecular weight excluding hydrogens is 258 g/mol. The van der Waals surface area contributed by atoms with E-state index < -0.39 is 5.54 Å². The van der Waals surface area contributed by atoms with Crippen molar-refractivity contribution in [2.24, 2.45) is 0 Å². The van der Waals surface area contributed by atoms with Crippen LogP contribution in [0.5, 0.6) is 5.75 Å². The lowest BCUT2D eigenvalue weighted by Crippen LogP contribution is -2.64. The van der Waals surface area contributed by atoms with Crippen LogP contribution in [0.2, 0.25) is 0 Å².